The molecule has 2 atom stereocenters. The highest BCUT2D eigenvalue weighted by atomic mass is 16.4. The molecule has 0 aromatic heterocycles. The molecular formula is C18H27O4-. The molecule has 22 heavy (non-hydrogen) atoms. The lowest BCUT2D eigenvalue weighted by molar-refractivity contribution is -0.305. The number of carbonyl (C=O) groups is 1. The number of carbonyl (C=O) groups excluding carboxylic acids is 1. The molecule has 0 aromatic carbocycles. The maximum absolute atomic E-state index is 10.2. The Hall–Kier alpha value is -1.65. The lowest BCUT2D eigenvalue weighted by Gasteiger charge is -2.05. The molecule has 0 rings (SSSR count). The Bertz CT molecular complexity index is 394. The number of aliphatic hydroxyl groups is 2. The second kappa shape index (κ2) is 14.3. The first-order valence-electron chi connectivity index (χ1n) is 7.78. The number of unbranched alkanes of at least 4 members (excludes halogenated alkanes) is 1. The van der Waals surface area contributed by atoms with E-state index in [2.05, 4.69) is 0 Å². The van der Waals surface area contributed by atoms with Crippen molar-refractivity contribution in [1.29, 1.82) is 0 Å². The highest BCUT2D eigenvalue weighted by Crippen LogP contribution is 2.04. The van der Waals surface area contributed by atoms with Gasteiger partial charge in [0.2, 0.25) is 0 Å². The van der Waals surface area contributed by atoms with Gasteiger partial charge in [0.1, 0.15) is 0 Å². The van der Waals surface area contributed by atoms with Gasteiger partial charge >= 0.3 is 0 Å². The monoisotopic (exact) mass is 307 g/mol. The number of carboxylic acids is 1. The summed E-state index contributed by atoms with van der Waals surface area (Å²) in [6, 6.07) is 0. The lowest BCUT2D eigenvalue weighted by Crippen LogP contribution is -2.21. The first-order chi connectivity index (χ1) is 10.6. The van der Waals surface area contributed by atoms with Crippen LogP contribution in [0.1, 0.15) is 45.4 Å². The van der Waals surface area contributed by atoms with E-state index in [1.54, 1.807) is 36.5 Å². The average molecular weight is 307 g/mol. The standard InChI is InChI=1S/C18H28O4/c1-2-3-6-11-16(19)12-7-4-5-8-13-17(20)14-9-10-15-18(21)22/h3-8,12-13,16-17,19-20H,2,9-11,14-15H2,1H3,(H,21,22)/p-1/b5-4-,6-3-,12-7+,13-8-. The average Bonchev–Trinajstić information content (AvgIpc) is 2.47. The Labute approximate surface area is 133 Å². The van der Waals surface area contributed by atoms with Crippen molar-refractivity contribution >= 4 is 5.97 Å². The summed E-state index contributed by atoms with van der Waals surface area (Å²) in [4.78, 5) is 10.2. The molecule has 0 aromatic rings. The van der Waals surface area contributed by atoms with E-state index in [9.17, 15) is 20.1 Å². The second-order valence-corrected chi connectivity index (χ2v) is 5.02. The molecule has 2 N–H and O–H groups in total. The van der Waals surface area contributed by atoms with Crippen molar-refractivity contribution in [3.63, 3.8) is 0 Å². The Kier molecular flexibility index (Phi) is 13.2. The highest BCUT2D eigenvalue weighted by molar-refractivity contribution is 5.64. The fourth-order valence-corrected chi connectivity index (χ4v) is 1.71. The minimum absolute atomic E-state index is 0.0386. The zero-order valence-electron chi connectivity index (χ0n) is 13.2. The first-order valence-corrected chi connectivity index (χ1v) is 7.78. The van der Waals surface area contributed by atoms with Crippen LogP contribution in [0.2, 0.25) is 0 Å². The molecule has 0 amide bonds. The topological polar surface area (TPSA) is 80.6 Å². The van der Waals surface area contributed by atoms with E-state index in [0.29, 0.717) is 25.7 Å². The first kappa shape index (κ1) is 20.3. The van der Waals surface area contributed by atoms with Crippen LogP contribution in [0, 0.1) is 0 Å². The summed E-state index contributed by atoms with van der Waals surface area (Å²) in [6.07, 6.45) is 16.7. The Balaban J connectivity index is 3.81. The fraction of sp³-hybridized carbons (Fsp3) is 0.500. The maximum Gasteiger partial charge on any atom is 0.0758 e. The number of aliphatic carboxylic acids is 1. The van der Waals surface area contributed by atoms with E-state index >= 15 is 0 Å². The van der Waals surface area contributed by atoms with E-state index < -0.39 is 18.2 Å². The molecule has 124 valence electrons. The van der Waals surface area contributed by atoms with Gasteiger partial charge in [-0.2, -0.15) is 0 Å². The van der Waals surface area contributed by atoms with Gasteiger partial charge in [-0.1, -0.05) is 62.0 Å². The fourth-order valence-electron chi connectivity index (χ4n) is 1.71. The van der Waals surface area contributed by atoms with Gasteiger partial charge in [0, 0.05) is 5.97 Å². The molecule has 0 spiro atoms. The van der Waals surface area contributed by atoms with Gasteiger partial charge in [0.25, 0.3) is 0 Å². The minimum Gasteiger partial charge on any atom is -0.550 e. The predicted octanol–water partition coefficient (Wildman–Crippen LogP) is 2.04. The number of rotatable bonds is 12. The zero-order valence-corrected chi connectivity index (χ0v) is 13.2. The second-order valence-electron chi connectivity index (χ2n) is 5.02. The van der Waals surface area contributed by atoms with Crippen molar-refractivity contribution in [1.82, 2.24) is 0 Å². The minimum atomic E-state index is -1.05. The third-order valence-corrected chi connectivity index (χ3v) is 2.91. The van der Waals surface area contributed by atoms with Crippen LogP contribution in [0.25, 0.3) is 0 Å². The molecule has 0 saturated carbocycles. The molecule has 4 heteroatoms. The van der Waals surface area contributed by atoms with Crippen molar-refractivity contribution < 1.29 is 20.1 Å². The van der Waals surface area contributed by atoms with Gasteiger partial charge < -0.3 is 20.1 Å². The number of allylic oxidation sites excluding steroid dienone is 5. The molecule has 0 heterocycles. The van der Waals surface area contributed by atoms with E-state index in [1.807, 2.05) is 19.1 Å². The molecule has 0 bridgehead atoms. The SMILES string of the molecule is CC/C=C\CC(O)/C=C/C=C\C=C/C(O)CCCCC(=O)[O-]. The van der Waals surface area contributed by atoms with Gasteiger partial charge in [0.15, 0.2) is 0 Å². The van der Waals surface area contributed by atoms with E-state index in [0.717, 1.165) is 6.42 Å². The summed E-state index contributed by atoms with van der Waals surface area (Å²) >= 11 is 0. The Morgan fingerprint density at radius 3 is 2.23 bits per heavy atom. The van der Waals surface area contributed by atoms with Crippen LogP contribution in [0.15, 0.2) is 48.6 Å². The van der Waals surface area contributed by atoms with Gasteiger partial charge in [-0.25, -0.2) is 0 Å². The summed E-state index contributed by atoms with van der Waals surface area (Å²) in [5, 5.41) is 29.4. The number of hydrogen-bond donors (Lipinski definition) is 2. The highest BCUT2D eigenvalue weighted by Gasteiger charge is 1.98. The van der Waals surface area contributed by atoms with Crippen molar-refractivity contribution in [2.75, 3.05) is 0 Å². The number of hydrogen-bond acceptors (Lipinski definition) is 4. The maximum atomic E-state index is 10.2. The zero-order chi connectivity index (χ0) is 16.6. The lowest BCUT2D eigenvalue weighted by atomic mass is 10.1. The van der Waals surface area contributed by atoms with Gasteiger partial charge in [0.05, 0.1) is 12.2 Å². The summed E-state index contributed by atoms with van der Waals surface area (Å²) in [7, 11) is 0. The van der Waals surface area contributed by atoms with Crippen molar-refractivity contribution in [3.8, 4) is 0 Å². The molecule has 0 radical (unpaired) electrons. The van der Waals surface area contributed by atoms with Gasteiger partial charge in [-0.3, -0.25) is 0 Å². The van der Waals surface area contributed by atoms with E-state index in [-0.39, 0.29) is 6.42 Å². The van der Waals surface area contributed by atoms with Crippen molar-refractivity contribution in [2.24, 2.45) is 0 Å². The third kappa shape index (κ3) is 14.8. The molecule has 0 fully saturated rings. The Morgan fingerprint density at radius 2 is 1.64 bits per heavy atom. The molecule has 0 aliphatic heterocycles. The van der Waals surface area contributed by atoms with Crippen LogP contribution in [0.5, 0.6) is 0 Å². The third-order valence-electron chi connectivity index (χ3n) is 2.91. The van der Waals surface area contributed by atoms with Crippen LogP contribution in [0.3, 0.4) is 0 Å². The summed E-state index contributed by atoms with van der Waals surface area (Å²) < 4.78 is 0. The van der Waals surface area contributed by atoms with Gasteiger partial charge in [-0.05, 0) is 32.1 Å². The van der Waals surface area contributed by atoms with E-state index in [4.69, 9.17) is 0 Å². The summed E-state index contributed by atoms with van der Waals surface area (Å²) in [5.41, 5.74) is 0. The Morgan fingerprint density at radius 1 is 1.00 bits per heavy atom. The van der Waals surface area contributed by atoms with Gasteiger partial charge in [-0.15, -0.1) is 0 Å². The normalized spacial score (nSPS) is 15.4. The smallest absolute Gasteiger partial charge is 0.0758 e. The predicted molar refractivity (Wildman–Crippen MR) is 87.0 cm³/mol. The molecule has 0 aliphatic carbocycles. The van der Waals surface area contributed by atoms with Crippen molar-refractivity contribution in [2.45, 2.75) is 57.7 Å². The number of aliphatic hydroxyl groups excluding tert-OH is 2. The van der Waals surface area contributed by atoms with E-state index in [1.165, 1.54) is 0 Å². The largest absolute Gasteiger partial charge is 0.550 e. The number of carboxylic acid groups (broad SMARTS) is 1. The molecule has 4 nitrogen and oxygen atoms in total. The quantitative estimate of drug-likeness (QED) is 0.328. The molecule has 2 unspecified atom stereocenters. The molecular weight excluding hydrogens is 280 g/mol. The summed E-state index contributed by atoms with van der Waals surface area (Å²) in [6.45, 7) is 2.05. The summed E-state index contributed by atoms with van der Waals surface area (Å²) in [5.74, 6) is -1.05. The molecule has 0 aliphatic rings. The van der Waals surface area contributed by atoms with Crippen LogP contribution in [-0.2, 0) is 4.79 Å². The van der Waals surface area contributed by atoms with Crippen LogP contribution in [0.4, 0.5) is 0 Å². The van der Waals surface area contributed by atoms with Crippen LogP contribution in [-0.4, -0.2) is 28.4 Å². The van der Waals surface area contributed by atoms with Crippen molar-refractivity contribution in [3.05, 3.63) is 48.6 Å². The van der Waals surface area contributed by atoms with Crippen LogP contribution < -0.4 is 5.11 Å². The molecule has 0 saturated heterocycles. The van der Waals surface area contributed by atoms with Crippen LogP contribution >= 0.6 is 0 Å².